The van der Waals surface area contributed by atoms with E-state index in [1.807, 2.05) is 25.1 Å². The number of hydrogen-bond acceptors (Lipinski definition) is 8. The Morgan fingerprint density at radius 2 is 1.98 bits per heavy atom. The van der Waals surface area contributed by atoms with E-state index >= 15 is 0 Å². The summed E-state index contributed by atoms with van der Waals surface area (Å²) in [5, 5.41) is 25.7. The summed E-state index contributed by atoms with van der Waals surface area (Å²) < 4.78 is 7.94. The minimum absolute atomic E-state index is 0.00305. The lowest BCUT2D eigenvalue weighted by Gasteiger charge is -2.61. The van der Waals surface area contributed by atoms with Gasteiger partial charge >= 0.3 is 5.97 Å². The van der Waals surface area contributed by atoms with E-state index in [1.165, 1.54) is 11.8 Å². The van der Waals surface area contributed by atoms with Crippen LogP contribution in [0.1, 0.15) is 71.2 Å². The maximum atomic E-state index is 13.6. The average Bonchev–Trinajstić information content (AvgIpc) is 3.51. The Morgan fingerprint density at radius 3 is 2.67 bits per heavy atom. The summed E-state index contributed by atoms with van der Waals surface area (Å²) in [6, 6.07) is 7.29. The molecule has 0 unspecified atom stereocenters. The van der Waals surface area contributed by atoms with Crippen molar-refractivity contribution in [3.05, 3.63) is 53.3 Å². The van der Waals surface area contributed by atoms with E-state index in [2.05, 4.69) is 42.6 Å². The third-order valence-electron chi connectivity index (χ3n) is 10.9. The number of halogens is 1. The number of carbonyl (C=O) groups is 2. The quantitative estimate of drug-likeness (QED) is 0.174. The topological polar surface area (TPSA) is 107 Å². The molecule has 1 aromatic carbocycles. The van der Waals surface area contributed by atoms with Gasteiger partial charge in [-0.3, -0.25) is 9.59 Å². The second kappa shape index (κ2) is 11.5. The van der Waals surface area contributed by atoms with Crippen LogP contribution in [0.5, 0.6) is 0 Å². The standard InChI is InChI=1S/C32H41ClN4O4S/c1-7-30(5)16-25(31(6)19(2)12-14-32(20(3)28(30)40)15-13-24(38)27(31)32)41-26(39)18-42-29-36-35-21(4)37(29)34-17-22-8-10-23(33)11-9-22/h7-11,17,19-20,25,27-28,40H,1,12-16,18H2,2-6H3/b34-17+/t19-,20+,25-,27+,28+,30-,31+,32+/m1/s1. The number of carbonyl (C=O) groups excluding carboxylic acids is 2. The molecule has 1 N–H and O–H groups in total. The second-order valence-electron chi connectivity index (χ2n) is 13.0. The van der Waals surface area contributed by atoms with Crippen molar-refractivity contribution in [1.82, 2.24) is 14.9 Å². The van der Waals surface area contributed by atoms with E-state index in [4.69, 9.17) is 16.3 Å². The Balaban J connectivity index is 1.39. The van der Waals surface area contributed by atoms with Gasteiger partial charge in [0.1, 0.15) is 11.9 Å². The Labute approximate surface area is 257 Å². The van der Waals surface area contributed by atoms with Gasteiger partial charge in [0.25, 0.3) is 0 Å². The van der Waals surface area contributed by atoms with Crippen molar-refractivity contribution >= 4 is 41.3 Å². The minimum Gasteiger partial charge on any atom is -0.461 e. The molecule has 0 radical (unpaired) electrons. The van der Waals surface area contributed by atoms with Gasteiger partial charge in [0, 0.05) is 28.2 Å². The molecule has 10 heteroatoms. The molecule has 2 aromatic rings. The van der Waals surface area contributed by atoms with Crippen LogP contribution >= 0.6 is 23.4 Å². The predicted octanol–water partition coefficient (Wildman–Crippen LogP) is 6.12. The highest BCUT2D eigenvalue weighted by atomic mass is 35.5. The number of aryl methyl sites for hydroxylation is 1. The summed E-state index contributed by atoms with van der Waals surface area (Å²) in [6.45, 7) is 14.3. The number of esters is 1. The van der Waals surface area contributed by atoms with Gasteiger partial charge in [0.15, 0.2) is 5.82 Å². The zero-order valence-corrected chi connectivity index (χ0v) is 26.6. The van der Waals surface area contributed by atoms with E-state index in [9.17, 15) is 14.7 Å². The van der Waals surface area contributed by atoms with Gasteiger partial charge in [-0.2, -0.15) is 9.78 Å². The molecular weight excluding hydrogens is 572 g/mol. The highest BCUT2D eigenvalue weighted by Gasteiger charge is 2.68. The molecule has 0 aliphatic heterocycles. The SMILES string of the molecule is C=C[C@]1(C)C[C@@H](OC(=O)CSc2nnc(C)n2/N=C/c2ccc(Cl)cc2)[C@]2(C)[C@H](C)CC[C@]3(CCC(=O)[C@H]32)[C@@H](C)[C@@H]1O. The molecular formula is C32H41ClN4O4S. The number of aromatic nitrogens is 3. The fourth-order valence-electron chi connectivity index (χ4n) is 8.05. The smallest absolute Gasteiger partial charge is 0.316 e. The Kier molecular flexibility index (Phi) is 8.51. The first kappa shape index (κ1) is 31.0. The molecule has 3 aliphatic carbocycles. The third kappa shape index (κ3) is 5.15. The second-order valence-corrected chi connectivity index (χ2v) is 14.4. The van der Waals surface area contributed by atoms with Crippen LogP contribution in [-0.4, -0.2) is 55.9 Å². The first-order chi connectivity index (χ1) is 19.9. The van der Waals surface area contributed by atoms with Crippen LogP contribution in [0.2, 0.25) is 5.02 Å². The van der Waals surface area contributed by atoms with Crippen molar-refractivity contribution in [3.63, 3.8) is 0 Å². The highest BCUT2D eigenvalue weighted by Crippen LogP contribution is 2.68. The Bertz CT molecular complexity index is 1400. The molecule has 5 rings (SSSR count). The number of nitrogens with zero attached hydrogens (tertiary/aromatic N) is 4. The van der Waals surface area contributed by atoms with Crippen molar-refractivity contribution in [2.75, 3.05) is 5.75 Å². The van der Waals surface area contributed by atoms with Gasteiger partial charge in [-0.15, -0.1) is 16.8 Å². The molecule has 3 saturated carbocycles. The zero-order valence-electron chi connectivity index (χ0n) is 25.0. The van der Waals surface area contributed by atoms with E-state index in [-0.39, 0.29) is 34.7 Å². The number of ether oxygens (including phenoxy) is 1. The predicted molar refractivity (Wildman–Crippen MR) is 165 cm³/mol. The molecule has 226 valence electrons. The molecule has 1 aromatic heterocycles. The summed E-state index contributed by atoms with van der Waals surface area (Å²) in [5.41, 5.74) is -0.670. The van der Waals surface area contributed by atoms with Crippen molar-refractivity contribution in [2.24, 2.45) is 39.1 Å². The molecule has 3 aliphatic rings. The lowest BCUT2D eigenvalue weighted by atomic mass is 9.44. The molecule has 0 spiro atoms. The van der Waals surface area contributed by atoms with Gasteiger partial charge in [-0.05, 0) is 67.6 Å². The summed E-state index contributed by atoms with van der Waals surface area (Å²) in [4.78, 5) is 27.1. The molecule has 2 bridgehead atoms. The van der Waals surface area contributed by atoms with Gasteiger partial charge in [0.05, 0.1) is 18.1 Å². The number of aliphatic hydroxyl groups excluding tert-OH is 1. The van der Waals surface area contributed by atoms with Crippen LogP contribution in [0.25, 0.3) is 0 Å². The number of benzene rings is 1. The van der Waals surface area contributed by atoms with Crippen molar-refractivity contribution in [3.8, 4) is 0 Å². The number of Topliss-reactive ketones (excluding diaryl/α,β-unsaturated/α-hetero) is 1. The number of hydrogen-bond donors (Lipinski definition) is 1. The maximum Gasteiger partial charge on any atom is 0.316 e. The van der Waals surface area contributed by atoms with Crippen molar-refractivity contribution in [2.45, 2.75) is 84.1 Å². The fourth-order valence-corrected chi connectivity index (χ4v) is 8.89. The zero-order chi connectivity index (χ0) is 30.4. The molecule has 8 nitrogen and oxygen atoms in total. The summed E-state index contributed by atoms with van der Waals surface area (Å²) in [6.07, 6.45) is 5.75. The lowest BCUT2D eigenvalue weighted by Crippen LogP contribution is -2.63. The van der Waals surface area contributed by atoms with Gasteiger partial charge < -0.3 is 9.84 Å². The van der Waals surface area contributed by atoms with Crippen LogP contribution < -0.4 is 0 Å². The molecule has 3 fully saturated rings. The summed E-state index contributed by atoms with van der Waals surface area (Å²) >= 11 is 7.19. The number of aliphatic hydroxyl groups is 1. The van der Waals surface area contributed by atoms with E-state index < -0.39 is 29.0 Å². The van der Waals surface area contributed by atoms with Crippen LogP contribution in [0.4, 0.5) is 0 Å². The van der Waals surface area contributed by atoms with Gasteiger partial charge in [-0.25, -0.2) is 0 Å². The van der Waals surface area contributed by atoms with Crippen LogP contribution in [0, 0.1) is 40.9 Å². The van der Waals surface area contributed by atoms with E-state index in [0.717, 1.165) is 24.8 Å². The first-order valence-corrected chi connectivity index (χ1v) is 16.1. The molecule has 1 heterocycles. The highest BCUT2D eigenvalue weighted by molar-refractivity contribution is 7.99. The van der Waals surface area contributed by atoms with Crippen LogP contribution in [0.15, 0.2) is 47.2 Å². The number of rotatable bonds is 7. The van der Waals surface area contributed by atoms with Crippen LogP contribution in [-0.2, 0) is 14.3 Å². The van der Waals surface area contributed by atoms with Gasteiger partial charge in [0.2, 0.25) is 5.16 Å². The maximum absolute atomic E-state index is 13.6. The largest absolute Gasteiger partial charge is 0.461 e. The summed E-state index contributed by atoms with van der Waals surface area (Å²) in [7, 11) is 0. The fraction of sp³-hybridized carbons (Fsp3) is 0.594. The van der Waals surface area contributed by atoms with E-state index in [1.54, 1.807) is 29.9 Å². The number of thioether (sulfide) groups is 1. The molecule has 8 atom stereocenters. The van der Waals surface area contributed by atoms with Crippen molar-refractivity contribution < 1.29 is 19.4 Å². The van der Waals surface area contributed by atoms with Crippen LogP contribution in [0.3, 0.4) is 0 Å². The third-order valence-corrected chi connectivity index (χ3v) is 12.0. The van der Waals surface area contributed by atoms with Crippen molar-refractivity contribution in [1.29, 1.82) is 0 Å². The van der Waals surface area contributed by atoms with Gasteiger partial charge in [-0.1, -0.05) is 69.3 Å². The molecule has 42 heavy (non-hydrogen) atoms. The number of ketones is 1. The minimum atomic E-state index is -0.697. The normalized spacial score (nSPS) is 36.4. The molecule has 0 amide bonds. The summed E-state index contributed by atoms with van der Waals surface area (Å²) in [5.74, 6) is 0.271. The van der Waals surface area contributed by atoms with E-state index in [0.29, 0.717) is 28.8 Å². The monoisotopic (exact) mass is 612 g/mol. The first-order valence-electron chi connectivity index (χ1n) is 14.7. The molecule has 0 saturated heterocycles. The Hall–Kier alpha value is -2.49. The lowest BCUT2D eigenvalue weighted by molar-refractivity contribution is -0.205. The Morgan fingerprint density at radius 1 is 1.26 bits per heavy atom. The average molecular weight is 613 g/mol.